The Balaban J connectivity index is 2.20. The number of aliphatic hydroxyl groups excluding tert-OH is 1. The van der Waals surface area contributed by atoms with Gasteiger partial charge in [0.1, 0.15) is 11.4 Å². The second-order valence-electron chi connectivity index (χ2n) is 4.77. The second kappa shape index (κ2) is 7.37. The number of carboxylic acid groups (broad SMARTS) is 1. The highest BCUT2D eigenvalue weighted by atomic mass is 16.4. The number of nitrogens with zero attached hydrogens (tertiary/aromatic N) is 2. The van der Waals surface area contributed by atoms with Crippen molar-refractivity contribution >= 4 is 29.1 Å². The molecule has 2 aromatic rings. The number of aliphatic hydroxyl groups is 1. The molecule has 1 heterocycles. The maximum Gasteiger partial charge on any atom is 0.339 e. The van der Waals surface area contributed by atoms with Crippen LogP contribution in [0.1, 0.15) is 17.3 Å². The van der Waals surface area contributed by atoms with Gasteiger partial charge in [-0.05, 0) is 36.4 Å². The summed E-state index contributed by atoms with van der Waals surface area (Å²) in [5.74, 6) is -0.993. The summed E-state index contributed by atoms with van der Waals surface area (Å²) in [5, 5.41) is 21.1. The van der Waals surface area contributed by atoms with Crippen LogP contribution < -0.4 is 10.2 Å². The maximum absolute atomic E-state index is 11.6. The van der Waals surface area contributed by atoms with E-state index in [1.165, 1.54) is 24.1 Å². The van der Waals surface area contributed by atoms with E-state index >= 15 is 0 Å². The summed E-state index contributed by atoms with van der Waals surface area (Å²) in [7, 11) is 0. The van der Waals surface area contributed by atoms with Gasteiger partial charge in [-0.25, -0.2) is 9.78 Å². The lowest BCUT2D eigenvalue weighted by atomic mass is 10.2. The topological polar surface area (TPSA) is 103 Å². The zero-order valence-electron chi connectivity index (χ0n) is 12.6. The zero-order chi connectivity index (χ0) is 16.8. The van der Waals surface area contributed by atoms with Crippen LogP contribution in [0.2, 0.25) is 0 Å². The van der Waals surface area contributed by atoms with E-state index in [0.717, 1.165) is 0 Å². The minimum atomic E-state index is -1.07. The Hall–Kier alpha value is -2.93. The summed E-state index contributed by atoms with van der Waals surface area (Å²) < 4.78 is 0. The number of carboxylic acids is 1. The second-order valence-corrected chi connectivity index (χ2v) is 4.77. The molecule has 1 amide bonds. The number of aromatic nitrogens is 1. The van der Waals surface area contributed by atoms with Crippen LogP contribution in [0.4, 0.5) is 17.2 Å². The standard InChI is InChI=1S/C16H17N3O4/c1-11(21)19(9-10-20)13-6-4-12(5-7-13)18-15-14(16(22)23)3-2-8-17-15/h2-8,20H,9-10H2,1H3,(H,17,18)(H,22,23). The molecule has 0 aliphatic carbocycles. The van der Waals surface area contributed by atoms with Crippen molar-refractivity contribution in [2.24, 2.45) is 0 Å². The third-order valence-corrected chi connectivity index (χ3v) is 3.18. The first kappa shape index (κ1) is 16.4. The molecule has 0 saturated carbocycles. The van der Waals surface area contributed by atoms with Crippen LogP contribution in [0.5, 0.6) is 0 Å². The average molecular weight is 315 g/mol. The van der Waals surface area contributed by atoms with E-state index in [9.17, 15) is 9.59 Å². The van der Waals surface area contributed by atoms with Crippen molar-refractivity contribution in [1.29, 1.82) is 0 Å². The SMILES string of the molecule is CC(=O)N(CCO)c1ccc(Nc2ncccc2C(=O)O)cc1. The predicted molar refractivity (Wildman–Crippen MR) is 86.0 cm³/mol. The maximum atomic E-state index is 11.6. The summed E-state index contributed by atoms with van der Waals surface area (Å²) in [6.07, 6.45) is 1.50. The van der Waals surface area contributed by atoms with Gasteiger partial charge >= 0.3 is 5.97 Å². The van der Waals surface area contributed by atoms with Gasteiger partial charge < -0.3 is 20.4 Å². The third-order valence-electron chi connectivity index (χ3n) is 3.18. The highest BCUT2D eigenvalue weighted by Crippen LogP contribution is 2.22. The van der Waals surface area contributed by atoms with Crippen LogP contribution in [-0.4, -0.2) is 40.2 Å². The van der Waals surface area contributed by atoms with Crippen LogP contribution in [0.15, 0.2) is 42.6 Å². The highest BCUT2D eigenvalue weighted by Gasteiger charge is 2.12. The van der Waals surface area contributed by atoms with E-state index < -0.39 is 5.97 Å². The number of pyridine rings is 1. The Kier molecular flexibility index (Phi) is 5.27. The molecule has 0 saturated heterocycles. The Morgan fingerprint density at radius 2 is 1.91 bits per heavy atom. The van der Waals surface area contributed by atoms with Crippen LogP contribution >= 0.6 is 0 Å². The fraction of sp³-hybridized carbons (Fsp3) is 0.188. The molecular weight excluding hydrogens is 298 g/mol. The molecule has 3 N–H and O–H groups in total. The summed E-state index contributed by atoms with van der Waals surface area (Å²) in [6, 6.07) is 9.86. The van der Waals surface area contributed by atoms with Gasteiger partial charge in [0.15, 0.2) is 0 Å². The van der Waals surface area contributed by atoms with Gasteiger partial charge in [-0.1, -0.05) is 0 Å². The van der Waals surface area contributed by atoms with Crippen molar-refractivity contribution in [1.82, 2.24) is 4.98 Å². The Morgan fingerprint density at radius 1 is 1.22 bits per heavy atom. The molecule has 2 rings (SSSR count). The first-order valence-corrected chi connectivity index (χ1v) is 6.97. The fourth-order valence-corrected chi connectivity index (χ4v) is 2.11. The van der Waals surface area contributed by atoms with Crippen molar-refractivity contribution in [3.63, 3.8) is 0 Å². The van der Waals surface area contributed by atoms with E-state index in [-0.39, 0.29) is 30.4 Å². The van der Waals surface area contributed by atoms with E-state index in [2.05, 4.69) is 10.3 Å². The monoisotopic (exact) mass is 315 g/mol. The summed E-state index contributed by atoms with van der Waals surface area (Å²) in [4.78, 5) is 28.2. The number of hydrogen-bond donors (Lipinski definition) is 3. The van der Waals surface area contributed by atoms with Crippen molar-refractivity contribution in [2.75, 3.05) is 23.4 Å². The number of anilines is 3. The fourth-order valence-electron chi connectivity index (χ4n) is 2.11. The largest absolute Gasteiger partial charge is 0.478 e. The van der Waals surface area contributed by atoms with Crippen LogP contribution in [-0.2, 0) is 4.79 Å². The van der Waals surface area contributed by atoms with Gasteiger partial charge in [0, 0.05) is 31.0 Å². The van der Waals surface area contributed by atoms with Gasteiger partial charge in [0.2, 0.25) is 5.91 Å². The summed E-state index contributed by atoms with van der Waals surface area (Å²) in [6.45, 7) is 1.51. The third kappa shape index (κ3) is 4.04. The molecule has 0 fully saturated rings. The molecule has 0 spiro atoms. The van der Waals surface area contributed by atoms with Crippen LogP contribution in [0, 0.1) is 0 Å². The number of amides is 1. The number of rotatable bonds is 6. The Labute approximate surface area is 133 Å². The van der Waals surface area contributed by atoms with Gasteiger partial charge in [0.25, 0.3) is 0 Å². The number of carbonyl (C=O) groups excluding carboxylic acids is 1. The zero-order valence-corrected chi connectivity index (χ0v) is 12.6. The van der Waals surface area contributed by atoms with E-state index in [4.69, 9.17) is 10.2 Å². The van der Waals surface area contributed by atoms with Crippen molar-refractivity contribution in [2.45, 2.75) is 6.92 Å². The van der Waals surface area contributed by atoms with Gasteiger partial charge in [-0.3, -0.25) is 4.79 Å². The molecule has 0 aliphatic heterocycles. The lowest BCUT2D eigenvalue weighted by Gasteiger charge is -2.20. The highest BCUT2D eigenvalue weighted by molar-refractivity contribution is 5.94. The predicted octanol–water partition coefficient (Wildman–Crippen LogP) is 1.87. The molecule has 1 aromatic heterocycles. The lowest BCUT2D eigenvalue weighted by Crippen LogP contribution is -2.31. The van der Waals surface area contributed by atoms with Crippen molar-refractivity contribution in [3.8, 4) is 0 Å². The molecule has 120 valence electrons. The number of benzene rings is 1. The molecule has 0 unspecified atom stereocenters. The molecule has 7 heteroatoms. The minimum absolute atomic E-state index is 0.0715. The Bertz CT molecular complexity index is 701. The summed E-state index contributed by atoms with van der Waals surface area (Å²) >= 11 is 0. The molecule has 7 nitrogen and oxygen atoms in total. The van der Waals surface area contributed by atoms with Crippen LogP contribution in [0.3, 0.4) is 0 Å². The van der Waals surface area contributed by atoms with E-state index in [1.54, 1.807) is 30.3 Å². The first-order valence-electron chi connectivity index (χ1n) is 6.97. The smallest absolute Gasteiger partial charge is 0.339 e. The van der Waals surface area contributed by atoms with Crippen molar-refractivity contribution in [3.05, 3.63) is 48.2 Å². The van der Waals surface area contributed by atoms with Crippen LogP contribution in [0.25, 0.3) is 0 Å². The molecule has 23 heavy (non-hydrogen) atoms. The molecule has 0 radical (unpaired) electrons. The van der Waals surface area contributed by atoms with E-state index in [1.807, 2.05) is 0 Å². The number of aromatic carboxylic acids is 1. The molecular formula is C16H17N3O4. The molecule has 0 bridgehead atoms. The molecule has 1 aromatic carbocycles. The van der Waals surface area contributed by atoms with Gasteiger partial charge in [-0.15, -0.1) is 0 Å². The van der Waals surface area contributed by atoms with Gasteiger partial charge in [0.05, 0.1) is 6.61 Å². The molecule has 0 atom stereocenters. The first-order chi connectivity index (χ1) is 11.0. The Morgan fingerprint density at radius 3 is 2.48 bits per heavy atom. The molecule has 0 aliphatic rings. The number of hydrogen-bond acceptors (Lipinski definition) is 5. The number of nitrogens with one attached hydrogen (secondary N) is 1. The normalized spacial score (nSPS) is 10.2. The minimum Gasteiger partial charge on any atom is -0.478 e. The van der Waals surface area contributed by atoms with Gasteiger partial charge in [-0.2, -0.15) is 0 Å². The number of carbonyl (C=O) groups is 2. The van der Waals surface area contributed by atoms with E-state index in [0.29, 0.717) is 11.4 Å². The average Bonchev–Trinajstić information content (AvgIpc) is 2.53. The van der Waals surface area contributed by atoms with Crippen molar-refractivity contribution < 1.29 is 19.8 Å². The quantitative estimate of drug-likeness (QED) is 0.752. The summed E-state index contributed by atoms with van der Waals surface area (Å²) in [5.41, 5.74) is 1.36. The lowest BCUT2D eigenvalue weighted by molar-refractivity contribution is -0.116.